The van der Waals surface area contributed by atoms with Gasteiger partial charge in [-0.2, -0.15) is 0 Å². The lowest BCUT2D eigenvalue weighted by molar-refractivity contribution is -0.128. The van der Waals surface area contributed by atoms with Gasteiger partial charge in [0.25, 0.3) is 0 Å². The van der Waals surface area contributed by atoms with Crippen LogP contribution in [0, 0.1) is 6.92 Å². The highest BCUT2D eigenvalue weighted by atomic mass is 35.5. The van der Waals surface area contributed by atoms with Crippen LogP contribution in [0.3, 0.4) is 0 Å². The Morgan fingerprint density at radius 3 is 2.74 bits per heavy atom. The van der Waals surface area contributed by atoms with Gasteiger partial charge in [-0.1, -0.05) is 35.9 Å². The molecular formula is C18H21ClN2O2. The van der Waals surface area contributed by atoms with Gasteiger partial charge in [0.05, 0.1) is 13.7 Å². The number of amides is 1. The molecule has 5 heteroatoms. The van der Waals surface area contributed by atoms with E-state index in [0.717, 1.165) is 22.6 Å². The van der Waals surface area contributed by atoms with Gasteiger partial charge in [0.15, 0.2) is 0 Å². The van der Waals surface area contributed by atoms with E-state index in [1.54, 1.807) is 19.1 Å². The molecule has 0 atom stereocenters. The number of rotatable bonds is 6. The molecule has 0 aliphatic carbocycles. The van der Waals surface area contributed by atoms with Gasteiger partial charge >= 0.3 is 0 Å². The fourth-order valence-corrected chi connectivity index (χ4v) is 2.44. The second-order valence-electron chi connectivity index (χ2n) is 5.37. The minimum atomic E-state index is -0.00437. The van der Waals surface area contributed by atoms with E-state index >= 15 is 0 Å². The van der Waals surface area contributed by atoms with E-state index in [0.29, 0.717) is 11.6 Å². The van der Waals surface area contributed by atoms with Crippen LogP contribution in [0.25, 0.3) is 0 Å². The lowest BCUT2D eigenvalue weighted by Crippen LogP contribution is -2.32. The third kappa shape index (κ3) is 4.63. The fraction of sp³-hybridized carbons (Fsp3) is 0.278. The Hall–Kier alpha value is -2.20. The molecule has 23 heavy (non-hydrogen) atoms. The van der Waals surface area contributed by atoms with Gasteiger partial charge in [0.2, 0.25) is 5.91 Å². The summed E-state index contributed by atoms with van der Waals surface area (Å²) < 4.78 is 5.32. The van der Waals surface area contributed by atoms with Crippen molar-refractivity contribution in [3.05, 3.63) is 58.6 Å². The van der Waals surface area contributed by atoms with Gasteiger partial charge in [-0.25, -0.2) is 0 Å². The second kappa shape index (κ2) is 7.88. The van der Waals surface area contributed by atoms with Crippen molar-refractivity contribution in [1.29, 1.82) is 0 Å². The second-order valence-corrected chi connectivity index (χ2v) is 5.81. The minimum Gasteiger partial charge on any atom is -0.496 e. The summed E-state index contributed by atoms with van der Waals surface area (Å²) in [6.07, 6.45) is 0. The van der Waals surface area contributed by atoms with Gasteiger partial charge in [-0.05, 0) is 30.7 Å². The number of ether oxygens (including phenoxy) is 1. The number of methoxy groups -OCH3 is 1. The highest BCUT2D eigenvalue weighted by Gasteiger charge is 2.12. The monoisotopic (exact) mass is 332 g/mol. The first-order valence-corrected chi connectivity index (χ1v) is 7.75. The van der Waals surface area contributed by atoms with Crippen LogP contribution in [0.5, 0.6) is 5.75 Å². The SMILES string of the molecule is COc1ccccc1CN(C)C(=O)CNc1cc(Cl)ccc1C. The third-order valence-corrected chi connectivity index (χ3v) is 3.89. The van der Waals surface area contributed by atoms with Gasteiger partial charge < -0.3 is 15.0 Å². The predicted molar refractivity (Wildman–Crippen MR) is 94.1 cm³/mol. The first-order chi connectivity index (χ1) is 11.0. The molecule has 0 fully saturated rings. The molecule has 0 saturated heterocycles. The molecule has 2 aromatic carbocycles. The molecule has 0 bridgehead atoms. The molecule has 1 amide bonds. The van der Waals surface area contributed by atoms with E-state index in [4.69, 9.17) is 16.3 Å². The number of hydrogen-bond donors (Lipinski definition) is 1. The van der Waals surface area contributed by atoms with E-state index in [-0.39, 0.29) is 12.5 Å². The average Bonchev–Trinajstić information content (AvgIpc) is 2.55. The number of hydrogen-bond acceptors (Lipinski definition) is 3. The van der Waals surface area contributed by atoms with Gasteiger partial charge in [0, 0.05) is 29.9 Å². The topological polar surface area (TPSA) is 41.6 Å². The molecule has 4 nitrogen and oxygen atoms in total. The standard InChI is InChI=1S/C18H21ClN2O2/c1-13-8-9-15(19)10-16(13)20-11-18(22)21(2)12-14-6-4-5-7-17(14)23-3/h4-10,20H,11-12H2,1-3H3. The molecule has 0 unspecified atom stereocenters. The third-order valence-electron chi connectivity index (χ3n) is 3.66. The Labute approximate surface area is 142 Å². The predicted octanol–water partition coefficient (Wildman–Crippen LogP) is 3.73. The first-order valence-electron chi connectivity index (χ1n) is 7.37. The van der Waals surface area contributed by atoms with Crippen molar-refractivity contribution in [3.8, 4) is 5.75 Å². The maximum atomic E-state index is 12.3. The Balaban J connectivity index is 1.96. The summed E-state index contributed by atoms with van der Waals surface area (Å²) >= 11 is 5.99. The molecule has 2 aromatic rings. The Kier molecular flexibility index (Phi) is 5.88. The van der Waals surface area contributed by atoms with Crippen molar-refractivity contribution in [3.63, 3.8) is 0 Å². The molecule has 0 heterocycles. The highest BCUT2D eigenvalue weighted by molar-refractivity contribution is 6.30. The molecule has 122 valence electrons. The number of aryl methyl sites for hydroxylation is 1. The Bertz CT molecular complexity index is 688. The summed E-state index contributed by atoms with van der Waals surface area (Å²) in [5, 5.41) is 3.79. The highest BCUT2D eigenvalue weighted by Crippen LogP contribution is 2.21. The van der Waals surface area contributed by atoms with Crippen molar-refractivity contribution < 1.29 is 9.53 Å². The number of anilines is 1. The number of likely N-dealkylation sites (N-methyl/N-ethyl adjacent to an activating group) is 1. The van der Waals surface area contributed by atoms with Crippen LogP contribution in [0.15, 0.2) is 42.5 Å². The summed E-state index contributed by atoms with van der Waals surface area (Å²) in [5.41, 5.74) is 2.90. The van der Waals surface area contributed by atoms with Crippen molar-refractivity contribution >= 4 is 23.2 Å². The zero-order chi connectivity index (χ0) is 16.8. The van der Waals surface area contributed by atoms with Crippen molar-refractivity contribution in [1.82, 2.24) is 4.90 Å². The van der Waals surface area contributed by atoms with Gasteiger partial charge in [-0.15, -0.1) is 0 Å². The number of carbonyl (C=O) groups excluding carboxylic acids is 1. The van der Waals surface area contributed by atoms with E-state index in [1.165, 1.54) is 0 Å². The summed E-state index contributed by atoms with van der Waals surface area (Å²) in [6, 6.07) is 13.3. The van der Waals surface area contributed by atoms with E-state index in [2.05, 4.69) is 5.32 Å². The van der Waals surface area contributed by atoms with Crippen LogP contribution >= 0.6 is 11.6 Å². The zero-order valence-electron chi connectivity index (χ0n) is 13.6. The van der Waals surface area contributed by atoms with E-state index in [9.17, 15) is 4.79 Å². The van der Waals surface area contributed by atoms with Gasteiger partial charge in [0.1, 0.15) is 5.75 Å². The molecule has 0 aliphatic rings. The van der Waals surface area contributed by atoms with Crippen molar-refractivity contribution in [2.45, 2.75) is 13.5 Å². The minimum absolute atomic E-state index is 0.00437. The van der Waals surface area contributed by atoms with Gasteiger partial charge in [-0.3, -0.25) is 4.79 Å². The largest absolute Gasteiger partial charge is 0.496 e. The van der Waals surface area contributed by atoms with Crippen LogP contribution in [-0.4, -0.2) is 31.5 Å². The molecular weight excluding hydrogens is 312 g/mol. The molecule has 0 aromatic heterocycles. The average molecular weight is 333 g/mol. The molecule has 2 rings (SSSR count). The summed E-state index contributed by atoms with van der Waals surface area (Å²) in [4.78, 5) is 14.0. The lowest BCUT2D eigenvalue weighted by atomic mass is 10.2. The maximum Gasteiger partial charge on any atom is 0.241 e. The van der Waals surface area contributed by atoms with Crippen LogP contribution < -0.4 is 10.1 Å². The van der Waals surface area contributed by atoms with Crippen LogP contribution in [0.2, 0.25) is 5.02 Å². The Morgan fingerprint density at radius 1 is 1.26 bits per heavy atom. The number of nitrogens with zero attached hydrogens (tertiary/aromatic N) is 1. The zero-order valence-corrected chi connectivity index (χ0v) is 14.4. The summed E-state index contributed by atoms with van der Waals surface area (Å²) in [5.74, 6) is 0.779. The van der Waals surface area contributed by atoms with E-state index < -0.39 is 0 Å². The smallest absolute Gasteiger partial charge is 0.241 e. The van der Waals surface area contributed by atoms with Crippen LogP contribution in [0.1, 0.15) is 11.1 Å². The number of halogens is 1. The fourth-order valence-electron chi connectivity index (χ4n) is 2.27. The summed E-state index contributed by atoms with van der Waals surface area (Å²) in [6.45, 7) is 2.69. The molecule has 0 radical (unpaired) electrons. The molecule has 0 spiro atoms. The van der Waals surface area contributed by atoms with Crippen LogP contribution in [-0.2, 0) is 11.3 Å². The molecule has 0 aliphatic heterocycles. The van der Waals surface area contributed by atoms with E-state index in [1.807, 2.05) is 49.4 Å². The van der Waals surface area contributed by atoms with Crippen LogP contribution in [0.4, 0.5) is 5.69 Å². The maximum absolute atomic E-state index is 12.3. The first kappa shape index (κ1) is 17.2. The number of carbonyl (C=O) groups is 1. The summed E-state index contributed by atoms with van der Waals surface area (Å²) in [7, 11) is 3.41. The van der Waals surface area contributed by atoms with Crippen molar-refractivity contribution in [2.24, 2.45) is 0 Å². The normalized spacial score (nSPS) is 10.3. The number of para-hydroxylation sites is 1. The Morgan fingerprint density at radius 2 is 2.00 bits per heavy atom. The number of nitrogens with one attached hydrogen (secondary N) is 1. The lowest BCUT2D eigenvalue weighted by Gasteiger charge is -2.20. The molecule has 0 saturated carbocycles. The number of benzene rings is 2. The quantitative estimate of drug-likeness (QED) is 0.876. The van der Waals surface area contributed by atoms with Crippen molar-refractivity contribution in [2.75, 3.05) is 26.0 Å². The molecule has 1 N–H and O–H groups in total.